The monoisotopic (exact) mass is 404 g/mol. The van der Waals surface area contributed by atoms with Gasteiger partial charge in [-0.2, -0.15) is 0 Å². The molecule has 2 aromatic carbocycles. The standard InChI is InChI=1S/C23H16O7/c1-27-13-6-8-19-12(9-13)10-18(23(26)29-19)22(25)28-14-5-7-16-15-3-2-4-17(15)21(24)30-20(16)11-14/h5-11H,2-4H2,1H3. The average Bonchev–Trinajstić information content (AvgIpc) is 3.23. The minimum Gasteiger partial charge on any atom is -0.497 e. The fraction of sp³-hybridized carbons (Fsp3) is 0.174. The molecule has 0 bridgehead atoms. The van der Waals surface area contributed by atoms with Crippen LogP contribution in [0.15, 0.2) is 60.9 Å². The van der Waals surface area contributed by atoms with E-state index in [0.717, 1.165) is 29.4 Å². The number of fused-ring (bicyclic) bond motifs is 4. The van der Waals surface area contributed by atoms with Gasteiger partial charge in [0.15, 0.2) is 0 Å². The van der Waals surface area contributed by atoms with E-state index in [1.807, 2.05) is 0 Å². The Kier molecular flexibility index (Phi) is 4.17. The van der Waals surface area contributed by atoms with E-state index in [-0.39, 0.29) is 16.9 Å². The van der Waals surface area contributed by atoms with Crippen molar-refractivity contribution in [2.75, 3.05) is 7.11 Å². The van der Waals surface area contributed by atoms with Crippen LogP contribution in [0.5, 0.6) is 11.5 Å². The number of hydrogen-bond acceptors (Lipinski definition) is 7. The topological polar surface area (TPSA) is 96.0 Å². The molecule has 0 radical (unpaired) electrons. The van der Waals surface area contributed by atoms with Gasteiger partial charge in [0.1, 0.15) is 28.2 Å². The minimum atomic E-state index is -0.865. The van der Waals surface area contributed by atoms with Crippen LogP contribution in [0.25, 0.3) is 21.9 Å². The van der Waals surface area contributed by atoms with Gasteiger partial charge in [0, 0.05) is 22.4 Å². The highest BCUT2D eigenvalue weighted by Gasteiger charge is 2.21. The Morgan fingerprint density at radius 3 is 2.47 bits per heavy atom. The zero-order valence-electron chi connectivity index (χ0n) is 16.0. The molecule has 1 aliphatic rings. The van der Waals surface area contributed by atoms with Gasteiger partial charge in [0.25, 0.3) is 0 Å². The predicted octanol–water partition coefficient (Wildman–Crippen LogP) is 3.62. The summed E-state index contributed by atoms with van der Waals surface area (Å²) in [5, 5.41) is 1.36. The van der Waals surface area contributed by atoms with Crippen molar-refractivity contribution < 1.29 is 23.1 Å². The van der Waals surface area contributed by atoms with E-state index in [4.69, 9.17) is 18.3 Å². The van der Waals surface area contributed by atoms with Crippen molar-refractivity contribution in [3.05, 3.63) is 80.0 Å². The molecule has 150 valence electrons. The van der Waals surface area contributed by atoms with Gasteiger partial charge < -0.3 is 18.3 Å². The van der Waals surface area contributed by atoms with Crippen molar-refractivity contribution >= 4 is 27.9 Å². The van der Waals surface area contributed by atoms with E-state index in [9.17, 15) is 14.4 Å². The summed E-state index contributed by atoms with van der Waals surface area (Å²) in [6, 6.07) is 11.2. The van der Waals surface area contributed by atoms with E-state index < -0.39 is 11.6 Å². The number of carbonyl (C=O) groups is 1. The zero-order valence-corrected chi connectivity index (χ0v) is 16.0. The highest BCUT2D eigenvalue weighted by Crippen LogP contribution is 2.30. The molecule has 0 spiro atoms. The first-order chi connectivity index (χ1) is 14.5. The van der Waals surface area contributed by atoms with Crippen LogP contribution < -0.4 is 20.7 Å². The van der Waals surface area contributed by atoms with Gasteiger partial charge in [-0.15, -0.1) is 0 Å². The molecule has 0 N–H and O–H groups in total. The van der Waals surface area contributed by atoms with Gasteiger partial charge >= 0.3 is 17.2 Å². The SMILES string of the molecule is COc1ccc2oc(=O)c(C(=O)Oc3ccc4c5c(c(=O)oc4c3)CCC5)cc2c1. The number of benzene rings is 2. The maximum absolute atomic E-state index is 12.6. The molecule has 0 saturated carbocycles. The van der Waals surface area contributed by atoms with Crippen molar-refractivity contribution in [1.82, 2.24) is 0 Å². The molecule has 7 nitrogen and oxygen atoms in total. The highest BCUT2D eigenvalue weighted by molar-refractivity contribution is 5.95. The predicted molar refractivity (Wildman–Crippen MR) is 109 cm³/mol. The van der Waals surface area contributed by atoms with Crippen LogP contribution in [0.3, 0.4) is 0 Å². The van der Waals surface area contributed by atoms with Crippen molar-refractivity contribution in [1.29, 1.82) is 0 Å². The van der Waals surface area contributed by atoms with Gasteiger partial charge in [-0.05, 0) is 61.2 Å². The average molecular weight is 404 g/mol. The van der Waals surface area contributed by atoms with Gasteiger partial charge in [-0.25, -0.2) is 14.4 Å². The van der Waals surface area contributed by atoms with E-state index in [0.29, 0.717) is 28.7 Å². The summed E-state index contributed by atoms with van der Waals surface area (Å²) in [7, 11) is 1.52. The minimum absolute atomic E-state index is 0.165. The Hall–Kier alpha value is -3.87. The third-order valence-corrected chi connectivity index (χ3v) is 5.31. The zero-order chi connectivity index (χ0) is 20.8. The lowest BCUT2D eigenvalue weighted by Crippen LogP contribution is -2.18. The molecule has 7 heteroatoms. The van der Waals surface area contributed by atoms with Crippen LogP contribution in [0.1, 0.15) is 27.9 Å². The van der Waals surface area contributed by atoms with E-state index >= 15 is 0 Å². The van der Waals surface area contributed by atoms with Crippen LogP contribution in [0.2, 0.25) is 0 Å². The second-order valence-corrected chi connectivity index (χ2v) is 7.10. The lowest BCUT2D eigenvalue weighted by molar-refractivity contribution is 0.0730. The first-order valence-corrected chi connectivity index (χ1v) is 9.46. The summed E-state index contributed by atoms with van der Waals surface area (Å²) in [6.07, 6.45) is 2.45. The second-order valence-electron chi connectivity index (χ2n) is 7.10. The summed E-state index contributed by atoms with van der Waals surface area (Å²) in [6.45, 7) is 0. The Bertz CT molecular complexity index is 1440. The molecule has 0 atom stereocenters. The van der Waals surface area contributed by atoms with Gasteiger partial charge in [0.2, 0.25) is 0 Å². The highest BCUT2D eigenvalue weighted by atomic mass is 16.5. The van der Waals surface area contributed by atoms with E-state index in [1.165, 1.54) is 19.2 Å². The number of ether oxygens (including phenoxy) is 2. The molecular formula is C23H16O7. The molecule has 0 saturated heterocycles. The molecule has 2 aromatic heterocycles. The lowest BCUT2D eigenvalue weighted by Gasteiger charge is -2.08. The molecule has 1 aliphatic carbocycles. The van der Waals surface area contributed by atoms with Crippen LogP contribution in [-0.2, 0) is 12.8 Å². The fourth-order valence-corrected chi connectivity index (χ4v) is 3.86. The third kappa shape index (κ3) is 2.95. The first kappa shape index (κ1) is 18.2. The second kappa shape index (κ2) is 6.88. The molecule has 2 heterocycles. The molecule has 0 fully saturated rings. The molecular weight excluding hydrogens is 388 g/mol. The fourth-order valence-electron chi connectivity index (χ4n) is 3.86. The van der Waals surface area contributed by atoms with E-state index in [2.05, 4.69) is 0 Å². The lowest BCUT2D eigenvalue weighted by atomic mass is 10.1. The maximum atomic E-state index is 12.6. The molecule has 4 aromatic rings. The van der Waals surface area contributed by atoms with Crippen LogP contribution in [-0.4, -0.2) is 13.1 Å². The van der Waals surface area contributed by atoms with Crippen LogP contribution >= 0.6 is 0 Å². The normalized spacial score (nSPS) is 12.8. The van der Waals surface area contributed by atoms with Crippen LogP contribution in [0, 0.1) is 0 Å². The Labute approximate surface area is 169 Å². The van der Waals surface area contributed by atoms with Gasteiger partial charge in [-0.1, -0.05) is 0 Å². The number of carbonyl (C=O) groups excluding carboxylic acids is 1. The summed E-state index contributed by atoms with van der Waals surface area (Å²) in [4.78, 5) is 37.0. The number of esters is 1. The maximum Gasteiger partial charge on any atom is 0.351 e. The Balaban J connectivity index is 1.51. The van der Waals surface area contributed by atoms with Gasteiger partial charge in [0.05, 0.1) is 7.11 Å². The van der Waals surface area contributed by atoms with E-state index in [1.54, 1.807) is 30.3 Å². The third-order valence-electron chi connectivity index (χ3n) is 5.31. The summed E-state index contributed by atoms with van der Waals surface area (Å²) >= 11 is 0. The first-order valence-electron chi connectivity index (χ1n) is 9.46. The molecule has 30 heavy (non-hydrogen) atoms. The smallest absolute Gasteiger partial charge is 0.351 e. The Morgan fingerprint density at radius 2 is 1.63 bits per heavy atom. The Morgan fingerprint density at radius 1 is 0.867 bits per heavy atom. The van der Waals surface area contributed by atoms with Crippen molar-refractivity contribution in [2.45, 2.75) is 19.3 Å². The van der Waals surface area contributed by atoms with Crippen LogP contribution in [0.4, 0.5) is 0 Å². The number of aryl methyl sites for hydroxylation is 1. The number of methoxy groups -OCH3 is 1. The summed E-state index contributed by atoms with van der Waals surface area (Å²) < 4.78 is 21.1. The number of rotatable bonds is 3. The largest absolute Gasteiger partial charge is 0.497 e. The van der Waals surface area contributed by atoms with Gasteiger partial charge in [-0.3, -0.25) is 0 Å². The van der Waals surface area contributed by atoms with Crippen molar-refractivity contribution in [3.63, 3.8) is 0 Å². The summed E-state index contributed by atoms with van der Waals surface area (Å²) in [5.41, 5.74) is 0.983. The molecule has 0 unspecified atom stereocenters. The van der Waals surface area contributed by atoms with Crippen molar-refractivity contribution in [2.24, 2.45) is 0 Å². The number of hydrogen-bond donors (Lipinski definition) is 0. The quantitative estimate of drug-likeness (QED) is 0.292. The molecule has 5 rings (SSSR count). The van der Waals surface area contributed by atoms with Crippen molar-refractivity contribution in [3.8, 4) is 11.5 Å². The summed E-state index contributed by atoms with van der Waals surface area (Å²) in [5.74, 6) is -0.136. The molecule has 0 aliphatic heterocycles. The molecule has 0 amide bonds.